The number of hydrogen-bond donors (Lipinski definition) is 0. The van der Waals surface area contributed by atoms with Crippen molar-refractivity contribution in [3.8, 4) is 12.1 Å². The zero-order valence-corrected chi connectivity index (χ0v) is 15.7. The zero-order valence-electron chi connectivity index (χ0n) is 15.7. The molecule has 0 N–H and O–H groups in total. The van der Waals surface area contributed by atoms with Crippen molar-refractivity contribution in [3.63, 3.8) is 0 Å². The lowest BCUT2D eigenvalue weighted by Gasteiger charge is -2.20. The lowest BCUT2D eigenvalue weighted by atomic mass is 10.1. The number of amides is 2. The van der Waals surface area contributed by atoms with Gasteiger partial charge in [0.15, 0.2) is 0 Å². The van der Waals surface area contributed by atoms with E-state index in [9.17, 15) is 9.59 Å². The highest BCUT2D eigenvalue weighted by atomic mass is 16.2. The van der Waals surface area contributed by atoms with E-state index in [1.54, 1.807) is 19.9 Å². The smallest absolute Gasteiger partial charge is 0.267 e. The zero-order chi connectivity index (χ0) is 21.0. The van der Waals surface area contributed by atoms with Gasteiger partial charge in [-0.1, -0.05) is 0 Å². The molecule has 0 atom stereocenters. The van der Waals surface area contributed by atoms with Crippen LogP contribution in [-0.4, -0.2) is 21.8 Å². The Balaban J connectivity index is 2.09. The van der Waals surface area contributed by atoms with Gasteiger partial charge in [0.25, 0.3) is 11.8 Å². The third kappa shape index (κ3) is 4.15. The van der Waals surface area contributed by atoms with E-state index < -0.39 is 11.8 Å². The molecular weight excluding hydrogens is 366 g/mol. The third-order valence-corrected chi connectivity index (χ3v) is 4.10. The molecule has 0 aliphatic heterocycles. The summed E-state index contributed by atoms with van der Waals surface area (Å²) in [5.74, 6) is -1.27. The summed E-state index contributed by atoms with van der Waals surface area (Å²) >= 11 is 0. The quantitative estimate of drug-likeness (QED) is 0.644. The number of hydrogen-bond acceptors (Lipinski definition) is 6. The number of benzene rings is 2. The number of carbonyl (C=O) groups is 2. The first-order valence-electron chi connectivity index (χ1n) is 8.64. The Morgan fingerprint density at radius 2 is 1.14 bits per heavy atom. The molecule has 140 valence electrons. The van der Waals surface area contributed by atoms with Gasteiger partial charge in [-0.2, -0.15) is 10.5 Å². The van der Waals surface area contributed by atoms with Crippen LogP contribution in [-0.2, 0) is 0 Å². The van der Waals surface area contributed by atoms with Gasteiger partial charge in [-0.15, -0.1) is 0 Å². The Bertz CT molecular complexity index is 1080. The normalized spacial score (nSPS) is 9.93. The molecular formula is C22H15N5O2. The van der Waals surface area contributed by atoms with Crippen molar-refractivity contribution in [2.75, 3.05) is 4.90 Å². The molecule has 0 aliphatic carbocycles. The Morgan fingerprint density at radius 3 is 1.48 bits per heavy atom. The molecule has 1 heterocycles. The summed E-state index contributed by atoms with van der Waals surface area (Å²) in [6, 6.07) is 17.6. The molecule has 0 unspecified atom stereocenters. The van der Waals surface area contributed by atoms with Gasteiger partial charge in [-0.3, -0.25) is 9.59 Å². The van der Waals surface area contributed by atoms with Gasteiger partial charge in [0.1, 0.15) is 0 Å². The minimum absolute atomic E-state index is 0.0359. The highest BCUT2D eigenvalue weighted by Crippen LogP contribution is 2.19. The monoisotopic (exact) mass is 381 g/mol. The number of aryl methyl sites for hydroxylation is 2. The van der Waals surface area contributed by atoms with E-state index in [0.717, 1.165) is 4.90 Å². The van der Waals surface area contributed by atoms with Crippen LogP contribution in [0.3, 0.4) is 0 Å². The first kappa shape index (κ1) is 19.4. The van der Waals surface area contributed by atoms with Crippen LogP contribution in [0.5, 0.6) is 0 Å². The van der Waals surface area contributed by atoms with Crippen molar-refractivity contribution < 1.29 is 9.59 Å². The van der Waals surface area contributed by atoms with Crippen molar-refractivity contribution in [1.82, 2.24) is 9.97 Å². The van der Waals surface area contributed by atoms with Gasteiger partial charge < -0.3 is 0 Å². The van der Waals surface area contributed by atoms with Crippen molar-refractivity contribution >= 4 is 17.8 Å². The predicted octanol–water partition coefficient (Wildman–Crippen LogP) is 3.32. The van der Waals surface area contributed by atoms with Crippen LogP contribution in [0, 0.1) is 36.5 Å². The number of anilines is 1. The maximum atomic E-state index is 13.2. The Labute approximate surface area is 167 Å². The Kier molecular flexibility index (Phi) is 5.43. The summed E-state index contributed by atoms with van der Waals surface area (Å²) in [5.41, 5.74) is 2.45. The summed E-state index contributed by atoms with van der Waals surface area (Å²) in [6.45, 7) is 3.49. The van der Waals surface area contributed by atoms with Gasteiger partial charge in [0.05, 0.1) is 23.3 Å². The maximum absolute atomic E-state index is 13.2. The van der Waals surface area contributed by atoms with Gasteiger partial charge in [-0.05, 0) is 68.4 Å². The molecule has 0 radical (unpaired) electrons. The van der Waals surface area contributed by atoms with Gasteiger partial charge in [0, 0.05) is 22.5 Å². The van der Waals surface area contributed by atoms with E-state index in [1.807, 2.05) is 12.1 Å². The van der Waals surface area contributed by atoms with Crippen LogP contribution in [0.15, 0.2) is 54.6 Å². The van der Waals surface area contributed by atoms with E-state index in [1.165, 1.54) is 48.5 Å². The van der Waals surface area contributed by atoms with Gasteiger partial charge >= 0.3 is 0 Å². The first-order chi connectivity index (χ1) is 13.9. The van der Waals surface area contributed by atoms with Crippen LogP contribution < -0.4 is 4.90 Å². The molecule has 0 spiro atoms. The molecule has 7 heteroatoms. The predicted molar refractivity (Wildman–Crippen MR) is 105 cm³/mol. The second kappa shape index (κ2) is 8.12. The third-order valence-electron chi connectivity index (χ3n) is 4.10. The highest BCUT2D eigenvalue weighted by Gasteiger charge is 2.28. The number of carbonyl (C=O) groups excluding carboxylic acids is 2. The van der Waals surface area contributed by atoms with Crippen LogP contribution in [0.25, 0.3) is 0 Å². The molecule has 0 fully saturated rings. The van der Waals surface area contributed by atoms with E-state index in [0.29, 0.717) is 22.5 Å². The maximum Gasteiger partial charge on any atom is 0.267 e. The molecule has 0 aliphatic rings. The number of imide groups is 1. The minimum Gasteiger partial charge on any atom is -0.268 e. The van der Waals surface area contributed by atoms with E-state index in [2.05, 4.69) is 9.97 Å². The molecule has 29 heavy (non-hydrogen) atoms. The first-order valence-corrected chi connectivity index (χ1v) is 8.64. The molecule has 3 rings (SSSR count). The van der Waals surface area contributed by atoms with E-state index >= 15 is 0 Å². The number of aromatic nitrogens is 2. The lowest BCUT2D eigenvalue weighted by Crippen LogP contribution is -2.38. The summed E-state index contributed by atoms with van der Waals surface area (Å²) < 4.78 is 0. The standard InChI is InChI=1S/C22H15N5O2/c1-14-11-15(2)26-22(25-14)27(20(28)18-7-3-16(12-23)4-8-18)21(29)19-9-5-17(13-24)6-10-19/h3-11H,1-2H3. The average molecular weight is 381 g/mol. The van der Waals surface area contributed by atoms with Crippen molar-refractivity contribution in [2.45, 2.75) is 13.8 Å². The molecule has 1 aromatic heterocycles. The van der Waals surface area contributed by atoms with Crippen LogP contribution in [0.2, 0.25) is 0 Å². The molecule has 7 nitrogen and oxygen atoms in total. The van der Waals surface area contributed by atoms with Gasteiger partial charge in [0.2, 0.25) is 5.95 Å². The molecule has 3 aromatic rings. The number of nitriles is 2. The van der Waals surface area contributed by atoms with Crippen molar-refractivity contribution in [3.05, 3.63) is 88.2 Å². The van der Waals surface area contributed by atoms with Crippen LogP contribution in [0.4, 0.5) is 5.95 Å². The average Bonchev–Trinajstić information content (AvgIpc) is 2.73. The fourth-order valence-corrected chi connectivity index (χ4v) is 2.71. The molecule has 0 bridgehead atoms. The summed E-state index contributed by atoms with van der Waals surface area (Å²) in [5, 5.41) is 17.9. The van der Waals surface area contributed by atoms with E-state index in [4.69, 9.17) is 10.5 Å². The second-order valence-corrected chi connectivity index (χ2v) is 6.27. The molecule has 2 aromatic carbocycles. The lowest BCUT2D eigenvalue weighted by molar-refractivity contribution is 0.0895. The Hall–Kier alpha value is -4.36. The summed E-state index contributed by atoms with van der Waals surface area (Å²) in [7, 11) is 0. The SMILES string of the molecule is Cc1cc(C)nc(N(C(=O)c2ccc(C#N)cc2)C(=O)c2ccc(C#N)cc2)n1. The Morgan fingerprint density at radius 1 is 0.759 bits per heavy atom. The fourth-order valence-electron chi connectivity index (χ4n) is 2.71. The second-order valence-electron chi connectivity index (χ2n) is 6.27. The number of rotatable bonds is 3. The highest BCUT2D eigenvalue weighted by molar-refractivity contribution is 6.24. The minimum atomic E-state index is -0.617. The molecule has 0 saturated carbocycles. The molecule has 0 saturated heterocycles. The van der Waals surface area contributed by atoms with Crippen molar-refractivity contribution in [1.29, 1.82) is 10.5 Å². The van der Waals surface area contributed by atoms with Gasteiger partial charge in [-0.25, -0.2) is 14.9 Å². The molecule has 2 amide bonds. The van der Waals surface area contributed by atoms with Crippen LogP contribution >= 0.6 is 0 Å². The van der Waals surface area contributed by atoms with Crippen molar-refractivity contribution in [2.24, 2.45) is 0 Å². The summed E-state index contributed by atoms with van der Waals surface area (Å²) in [4.78, 5) is 35.8. The number of nitrogens with zero attached hydrogens (tertiary/aromatic N) is 5. The summed E-state index contributed by atoms with van der Waals surface area (Å²) in [6.07, 6.45) is 0. The van der Waals surface area contributed by atoms with E-state index in [-0.39, 0.29) is 17.1 Å². The van der Waals surface area contributed by atoms with Crippen LogP contribution in [0.1, 0.15) is 43.2 Å². The largest absolute Gasteiger partial charge is 0.268 e. The topological polar surface area (TPSA) is 111 Å². The fraction of sp³-hybridized carbons (Fsp3) is 0.0909.